The molecule has 0 bridgehead atoms. The van der Waals surface area contributed by atoms with Gasteiger partial charge in [0.25, 0.3) is 0 Å². The number of carbonyl (C=O) groups is 4. The molecule has 10 heteroatoms. The second kappa shape index (κ2) is 10.6. The molecule has 174 valence electrons. The molecule has 2 heterocycles. The maximum Gasteiger partial charge on any atom is 0.339 e. The minimum atomic E-state index is -1.05. The van der Waals surface area contributed by atoms with E-state index in [1.807, 2.05) is 0 Å². The lowest BCUT2D eigenvalue weighted by atomic mass is 10.2. The van der Waals surface area contributed by atoms with Crippen LogP contribution in [0.2, 0.25) is 0 Å². The number of nitrogens with one attached hydrogen (secondary N) is 1. The molecule has 0 spiro atoms. The molecular formula is C22H30N4O6. The largest absolute Gasteiger partial charge is 0.492 e. The molecule has 1 atom stereocenters. The maximum absolute atomic E-state index is 12.8. The Morgan fingerprint density at radius 2 is 1.97 bits per heavy atom. The maximum atomic E-state index is 12.8. The number of hydrogen-bond acceptors (Lipinski definition) is 7. The zero-order valence-electron chi connectivity index (χ0n) is 18.7. The van der Waals surface area contributed by atoms with Crippen molar-refractivity contribution in [2.24, 2.45) is 5.92 Å². The molecule has 0 aliphatic carbocycles. The third-order valence-electron chi connectivity index (χ3n) is 5.13. The molecule has 10 nitrogen and oxygen atoms in total. The smallest absolute Gasteiger partial charge is 0.339 e. The van der Waals surface area contributed by atoms with Gasteiger partial charge in [-0.3, -0.25) is 19.3 Å². The van der Waals surface area contributed by atoms with Gasteiger partial charge in [0.05, 0.1) is 25.0 Å². The number of carbonyl (C=O) groups excluding carboxylic acids is 4. The molecule has 2 aliphatic rings. The van der Waals surface area contributed by atoms with Gasteiger partial charge in [-0.25, -0.2) is 14.6 Å². The van der Waals surface area contributed by atoms with Crippen molar-refractivity contribution in [1.82, 2.24) is 15.1 Å². The number of urea groups is 1. The van der Waals surface area contributed by atoms with Crippen molar-refractivity contribution >= 4 is 29.4 Å². The lowest BCUT2D eigenvalue weighted by Crippen LogP contribution is -2.50. The molecule has 32 heavy (non-hydrogen) atoms. The van der Waals surface area contributed by atoms with E-state index in [2.05, 4.69) is 24.1 Å². The van der Waals surface area contributed by atoms with Gasteiger partial charge >= 0.3 is 17.8 Å². The van der Waals surface area contributed by atoms with Crippen LogP contribution in [0.3, 0.4) is 0 Å². The summed E-state index contributed by atoms with van der Waals surface area (Å²) in [5, 5.41) is 2.70. The van der Waals surface area contributed by atoms with Crippen molar-refractivity contribution in [2.45, 2.75) is 26.9 Å². The van der Waals surface area contributed by atoms with Crippen LogP contribution in [0.1, 0.15) is 20.8 Å². The predicted octanol–water partition coefficient (Wildman–Crippen LogP) is 0.854. The normalized spacial score (nSPS) is 19.8. The zero-order valence-corrected chi connectivity index (χ0v) is 18.7. The highest BCUT2D eigenvalue weighted by Crippen LogP contribution is 2.31. The minimum Gasteiger partial charge on any atom is -0.492 e. The van der Waals surface area contributed by atoms with Crippen molar-refractivity contribution in [3.8, 4) is 5.75 Å². The van der Waals surface area contributed by atoms with E-state index in [0.29, 0.717) is 36.3 Å². The van der Waals surface area contributed by atoms with E-state index in [9.17, 15) is 19.2 Å². The Morgan fingerprint density at radius 3 is 2.69 bits per heavy atom. The number of ether oxygens (including phenoxy) is 2. The Kier molecular flexibility index (Phi) is 7.81. The van der Waals surface area contributed by atoms with Gasteiger partial charge < -0.3 is 14.8 Å². The molecule has 2 aliphatic heterocycles. The monoisotopic (exact) mass is 446 g/mol. The van der Waals surface area contributed by atoms with E-state index in [1.54, 1.807) is 25.1 Å². The van der Waals surface area contributed by atoms with Gasteiger partial charge in [0, 0.05) is 26.2 Å². The van der Waals surface area contributed by atoms with E-state index in [1.165, 1.54) is 6.07 Å². The quantitative estimate of drug-likeness (QED) is 0.443. The van der Waals surface area contributed by atoms with Crippen LogP contribution in [0.4, 0.5) is 10.5 Å². The van der Waals surface area contributed by atoms with Crippen LogP contribution < -0.4 is 15.0 Å². The fraction of sp³-hybridized carbons (Fsp3) is 0.545. The van der Waals surface area contributed by atoms with Gasteiger partial charge in [-0.15, -0.1) is 0 Å². The molecular weight excluding hydrogens is 416 g/mol. The summed E-state index contributed by atoms with van der Waals surface area (Å²) in [5.74, 6) is -1.77. The number of nitrogens with zero attached hydrogens (tertiary/aromatic N) is 3. The first-order valence-electron chi connectivity index (χ1n) is 10.8. The number of imide groups is 2. The van der Waals surface area contributed by atoms with Crippen LogP contribution in [0, 0.1) is 5.92 Å². The van der Waals surface area contributed by atoms with Crippen LogP contribution in [0.15, 0.2) is 24.3 Å². The van der Waals surface area contributed by atoms with E-state index in [-0.39, 0.29) is 18.3 Å². The summed E-state index contributed by atoms with van der Waals surface area (Å²) in [5.41, 5.74) is 0.168. The molecule has 2 fully saturated rings. The molecule has 2 saturated heterocycles. The zero-order chi connectivity index (χ0) is 23.3. The summed E-state index contributed by atoms with van der Waals surface area (Å²) in [6.07, 6.45) is -0.173. The first-order chi connectivity index (χ1) is 15.3. The average Bonchev–Trinajstić information content (AvgIpc) is 2.96. The summed E-state index contributed by atoms with van der Waals surface area (Å²) in [6.45, 7) is 9.18. The average molecular weight is 447 g/mol. The van der Waals surface area contributed by atoms with Crippen LogP contribution in [0.5, 0.6) is 5.75 Å². The van der Waals surface area contributed by atoms with E-state index in [0.717, 1.165) is 18.0 Å². The summed E-state index contributed by atoms with van der Waals surface area (Å²) in [4.78, 5) is 53.8. The van der Waals surface area contributed by atoms with Gasteiger partial charge in [-0.2, -0.15) is 0 Å². The minimum absolute atomic E-state index is 0.168. The lowest BCUT2D eigenvalue weighted by Gasteiger charge is -2.34. The summed E-state index contributed by atoms with van der Waals surface area (Å²) < 4.78 is 11.2. The lowest BCUT2D eigenvalue weighted by molar-refractivity contribution is -0.140. The van der Waals surface area contributed by atoms with E-state index < -0.39 is 30.3 Å². The molecule has 0 aromatic heterocycles. The number of anilines is 1. The standard InChI is InChI=1S/C22H30N4O6/c1-4-31-18-8-6-5-7-17(18)26-21(29)20(28)25(22(26)30)14-19(27)23-11-16-13-24(9-10-32-16)12-15(2)3/h5-8,15-16H,4,9-14H2,1-3H3,(H,23,27). The van der Waals surface area contributed by atoms with Crippen LogP contribution in [-0.2, 0) is 19.1 Å². The number of amides is 5. The Hall–Kier alpha value is -2.98. The second-order valence-corrected chi connectivity index (χ2v) is 8.17. The number of benzene rings is 1. The highest BCUT2D eigenvalue weighted by atomic mass is 16.5. The SMILES string of the molecule is CCOc1ccccc1N1C(=O)C(=O)N(CC(=O)NCC2CN(CC(C)C)CCO2)C1=O. The summed E-state index contributed by atoms with van der Waals surface area (Å²) >= 11 is 0. The van der Waals surface area contributed by atoms with Gasteiger partial charge in [0.1, 0.15) is 12.3 Å². The van der Waals surface area contributed by atoms with Crippen molar-refractivity contribution in [1.29, 1.82) is 0 Å². The van der Waals surface area contributed by atoms with Crippen LogP contribution >= 0.6 is 0 Å². The Labute approximate surface area is 187 Å². The third kappa shape index (κ3) is 5.43. The Bertz CT molecular complexity index is 874. The molecule has 1 aromatic carbocycles. The third-order valence-corrected chi connectivity index (χ3v) is 5.13. The van der Waals surface area contributed by atoms with Gasteiger partial charge in [0.2, 0.25) is 5.91 Å². The molecule has 1 N–H and O–H groups in total. The van der Waals surface area contributed by atoms with Crippen molar-refractivity contribution in [2.75, 3.05) is 50.8 Å². The molecule has 5 amide bonds. The Morgan fingerprint density at radius 1 is 1.22 bits per heavy atom. The van der Waals surface area contributed by atoms with Gasteiger partial charge in [-0.05, 0) is 25.0 Å². The molecule has 3 rings (SSSR count). The topological polar surface area (TPSA) is 108 Å². The first kappa shape index (κ1) is 23.7. The summed E-state index contributed by atoms with van der Waals surface area (Å²) in [7, 11) is 0. The second-order valence-electron chi connectivity index (χ2n) is 8.17. The number of hydrogen-bond donors (Lipinski definition) is 1. The fourth-order valence-corrected chi connectivity index (χ4v) is 3.79. The number of para-hydroxylation sites is 2. The molecule has 1 aromatic rings. The molecule has 0 saturated carbocycles. The summed E-state index contributed by atoms with van der Waals surface area (Å²) in [6, 6.07) is 5.57. The highest BCUT2D eigenvalue weighted by molar-refractivity contribution is 6.53. The predicted molar refractivity (Wildman–Crippen MR) is 116 cm³/mol. The number of rotatable bonds is 9. The van der Waals surface area contributed by atoms with Crippen molar-refractivity contribution in [3.63, 3.8) is 0 Å². The fourth-order valence-electron chi connectivity index (χ4n) is 3.79. The first-order valence-corrected chi connectivity index (χ1v) is 10.8. The van der Waals surface area contributed by atoms with E-state index in [4.69, 9.17) is 9.47 Å². The van der Waals surface area contributed by atoms with Crippen molar-refractivity contribution in [3.05, 3.63) is 24.3 Å². The van der Waals surface area contributed by atoms with Gasteiger partial charge in [-0.1, -0.05) is 26.0 Å². The molecule has 0 radical (unpaired) electrons. The van der Waals surface area contributed by atoms with Crippen LogP contribution in [-0.4, -0.2) is 85.6 Å². The van der Waals surface area contributed by atoms with Gasteiger partial charge in [0.15, 0.2) is 0 Å². The molecule has 1 unspecified atom stereocenters. The Balaban J connectivity index is 1.59. The van der Waals surface area contributed by atoms with Crippen LogP contribution in [0.25, 0.3) is 0 Å². The number of morpholine rings is 1. The highest BCUT2D eigenvalue weighted by Gasteiger charge is 2.47. The van der Waals surface area contributed by atoms with Crippen molar-refractivity contribution < 1.29 is 28.7 Å². The van der Waals surface area contributed by atoms with E-state index >= 15 is 0 Å².